The van der Waals surface area contributed by atoms with Crippen LogP contribution in [-0.2, 0) is 4.74 Å². The maximum Gasteiger partial charge on any atom is 0.0997 e. The lowest BCUT2D eigenvalue weighted by Gasteiger charge is -2.58. The summed E-state index contributed by atoms with van der Waals surface area (Å²) < 4.78 is 6.75. The molecule has 0 amide bonds. The van der Waals surface area contributed by atoms with Crippen LogP contribution < -0.4 is 0 Å². The van der Waals surface area contributed by atoms with Crippen molar-refractivity contribution >= 4 is 11.8 Å². The van der Waals surface area contributed by atoms with E-state index in [4.69, 9.17) is 4.74 Å². The summed E-state index contributed by atoms with van der Waals surface area (Å²) in [6.07, 6.45) is 8.74. The van der Waals surface area contributed by atoms with E-state index in [2.05, 4.69) is 53.9 Å². The van der Waals surface area contributed by atoms with Gasteiger partial charge < -0.3 is 4.74 Å². The molecule has 0 N–H and O–H groups in total. The minimum absolute atomic E-state index is 0.395. The highest BCUT2D eigenvalue weighted by atomic mass is 32.2. The molecule has 3 heteroatoms. The van der Waals surface area contributed by atoms with Crippen LogP contribution in [0, 0.1) is 11.3 Å². The Balaban J connectivity index is 1.58. The highest BCUT2D eigenvalue weighted by Gasteiger charge is 2.67. The van der Waals surface area contributed by atoms with Gasteiger partial charge in [0, 0.05) is 27.6 Å². The first-order valence-electron chi connectivity index (χ1n) is 9.34. The molecular formula is C20H27NOS. The zero-order valence-corrected chi connectivity index (χ0v) is 14.9. The van der Waals surface area contributed by atoms with Crippen LogP contribution in [0.3, 0.4) is 0 Å². The Morgan fingerprint density at radius 1 is 1.13 bits per heavy atom. The van der Waals surface area contributed by atoms with Gasteiger partial charge in [-0.05, 0) is 43.7 Å². The summed E-state index contributed by atoms with van der Waals surface area (Å²) in [5, 5.41) is 0. The summed E-state index contributed by atoms with van der Waals surface area (Å²) >= 11 is 2.19. The molecule has 0 bridgehead atoms. The van der Waals surface area contributed by atoms with Gasteiger partial charge in [0.1, 0.15) is 0 Å². The Hall–Kier alpha value is -0.510. The molecule has 0 unspecified atom stereocenters. The van der Waals surface area contributed by atoms with Crippen molar-refractivity contribution in [3.05, 3.63) is 30.3 Å². The van der Waals surface area contributed by atoms with Crippen LogP contribution in [0.4, 0.5) is 0 Å². The zero-order valence-electron chi connectivity index (χ0n) is 14.0. The zero-order chi connectivity index (χ0) is 15.5. The molecule has 2 nitrogen and oxygen atoms in total. The summed E-state index contributed by atoms with van der Waals surface area (Å²) in [7, 11) is 0. The normalized spacial score (nSPS) is 45.7. The molecule has 1 aromatic rings. The molecule has 0 aromatic heterocycles. The minimum atomic E-state index is 0.395. The fourth-order valence-corrected chi connectivity index (χ4v) is 8.15. The summed E-state index contributed by atoms with van der Waals surface area (Å²) in [5.74, 6) is 0.748. The lowest BCUT2D eigenvalue weighted by Crippen LogP contribution is -2.64. The number of benzene rings is 1. The van der Waals surface area contributed by atoms with Crippen molar-refractivity contribution in [1.82, 2.24) is 4.90 Å². The SMILES string of the molecule is C[C@@H]1CN2CO[C@H]3CCC[C@]34CCC[C@@]1(Sc1ccccc1)[C@H]24. The first-order chi connectivity index (χ1) is 11.2. The molecule has 5 atom stereocenters. The van der Waals surface area contributed by atoms with E-state index in [9.17, 15) is 0 Å². The molecule has 2 heterocycles. The van der Waals surface area contributed by atoms with Crippen molar-refractivity contribution in [2.24, 2.45) is 11.3 Å². The summed E-state index contributed by atoms with van der Waals surface area (Å²) in [6.45, 7) is 4.59. The van der Waals surface area contributed by atoms with Crippen molar-refractivity contribution in [2.45, 2.75) is 67.2 Å². The third-order valence-electron chi connectivity index (χ3n) is 7.17. The van der Waals surface area contributed by atoms with E-state index in [-0.39, 0.29) is 0 Å². The second kappa shape index (κ2) is 5.24. The predicted molar refractivity (Wildman–Crippen MR) is 94.6 cm³/mol. The van der Waals surface area contributed by atoms with Gasteiger partial charge in [-0.15, -0.1) is 11.8 Å². The molecule has 0 radical (unpaired) electrons. The first-order valence-corrected chi connectivity index (χ1v) is 10.2. The lowest BCUT2D eigenvalue weighted by atomic mass is 9.61. The largest absolute Gasteiger partial charge is 0.362 e. The molecule has 1 spiro atoms. The third-order valence-corrected chi connectivity index (χ3v) is 8.88. The molecule has 124 valence electrons. The number of nitrogens with zero attached hydrogens (tertiary/aromatic N) is 1. The second-order valence-corrected chi connectivity index (χ2v) is 9.64. The van der Waals surface area contributed by atoms with Crippen LogP contribution in [0.5, 0.6) is 0 Å². The molecule has 4 fully saturated rings. The first kappa shape index (κ1) is 14.8. The van der Waals surface area contributed by atoms with E-state index in [0.717, 1.165) is 18.7 Å². The lowest BCUT2D eigenvalue weighted by molar-refractivity contribution is -0.171. The summed E-state index contributed by atoms with van der Waals surface area (Å²) in [6, 6.07) is 11.9. The van der Waals surface area contributed by atoms with Gasteiger partial charge >= 0.3 is 0 Å². The maximum absolute atomic E-state index is 6.35. The average molecular weight is 330 g/mol. The van der Waals surface area contributed by atoms with Gasteiger partial charge in [-0.1, -0.05) is 38.0 Å². The third kappa shape index (κ3) is 1.96. The molecule has 23 heavy (non-hydrogen) atoms. The smallest absolute Gasteiger partial charge is 0.0997 e. The maximum atomic E-state index is 6.35. The minimum Gasteiger partial charge on any atom is -0.362 e. The topological polar surface area (TPSA) is 12.5 Å². The van der Waals surface area contributed by atoms with E-state index in [1.807, 2.05) is 0 Å². The van der Waals surface area contributed by atoms with Gasteiger partial charge in [0.25, 0.3) is 0 Å². The molecule has 2 aliphatic heterocycles. The van der Waals surface area contributed by atoms with E-state index in [0.29, 0.717) is 16.3 Å². The fourth-order valence-electron chi connectivity index (χ4n) is 6.40. The molecule has 5 rings (SSSR count). The monoisotopic (exact) mass is 329 g/mol. The van der Waals surface area contributed by atoms with Crippen LogP contribution in [0.25, 0.3) is 0 Å². The van der Waals surface area contributed by atoms with Crippen molar-refractivity contribution < 1.29 is 4.74 Å². The Labute approximate surface area is 144 Å². The fraction of sp³-hybridized carbons (Fsp3) is 0.700. The number of ether oxygens (including phenoxy) is 1. The Bertz CT molecular complexity index is 593. The van der Waals surface area contributed by atoms with Crippen LogP contribution in [0.1, 0.15) is 45.4 Å². The summed E-state index contributed by atoms with van der Waals surface area (Å²) in [4.78, 5) is 4.17. The van der Waals surface area contributed by atoms with Gasteiger partial charge in [0.05, 0.1) is 12.8 Å². The number of rotatable bonds is 2. The molecule has 2 aliphatic carbocycles. The number of hydrogen-bond donors (Lipinski definition) is 0. The highest BCUT2D eigenvalue weighted by molar-refractivity contribution is 8.00. The Kier molecular flexibility index (Phi) is 3.37. The van der Waals surface area contributed by atoms with Crippen LogP contribution >= 0.6 is 11.8 Å². The molecule has 1 aromatic carbocycles. The summed E-state index contributed by atoms with van der Waals surface area (Å²) in [5.41, 5.74) is 0.447. The van der Waals surface area contributed by atoms with Crippen molar-refractivity contribution in [1.29, 1.82) is 0 Å². The van der Waals surface area contributed by atoms with Gasteiger partial charge in [0.15, 0.2) is 0 Å². The van der Waals surface area contributed by atoms with E-state index < -0.39 is 0 Å². The van der Waals surface area contributed by atoms with Crippen LogP contribution in [0.2, 0.25) is 0 Å². The van der Waals surface area contributed by atoms with Crippen molar-refractivity contribution in [3.8, 4) is 0 Å². The Morgan fingerprint density at radius 3 is 2.83 bits per heavy atom. The van der Waals surface area contributed by atoms with E-state index in [1.54, 1.807) is 0 Å². The van der Waals surface area contributed by atoms with E-state index >= 15 is 0 Å². The van der Waals surface area contributed by atoms with Gasteiger partial charge in [-0.3, -0.25) is 4.90 Å². The van der Waals surface area contributed by atoms with Crippen molar-refractivity contribution in [2.75, 3.05) is 13.3 Å². The molecule has 4 aliphatic rings. The number of thioether (sulfide) groups is 1. The average Bonchev–Trinajstić information content (AvgIpc) is 3.09. The van der Waals surface area contributed by atoms with Gasteiger partial charge in [0.2, 0.25) is 0 Å². The van der Waals surface area contributed by atoms with Gasteiger partial charge in [-0.2, -0.15) is 0 Å². The number of hydrogen-bond acceptors (Lipinski definition) is 3. The molecule has 2 saturated carbocycles. The highest BCUT2D eigenvalue weighted by Crippen LogP contribution is 2.65. The van der Waals surface area contributed by atoms with E-state index in [1.165, 1.54) is 50.0 Å². The predicted octanol–water partition coefficient (Wildman–Crippen LogP) is 4.55. The second-order valence-electron chi connectivity index (χ2n) is 8.21. The molecular weight excluding hydrogens is 302 g/mol. The van der Waals surface area contributed by atoms with Crippen LogP contribution in [0.15, 0.2) is 35.2 Å². The quantitative estimate of drug-likeness (QED) is 0.790. The standard InChI is InChI=1S/C20H27NOS/c1-15-13-21-14-22-17-9-5-10-19(17)11-6-12-20(15,18(19)21)23-16-7-3-2-4-8-16/h2-4,7-8,15,17-18H,5-6,9-14H2,1H3/t15-,17+,18-,19+,20+/m1/s1. The van der Waals surface area contributed by atoms with Gasteiger partial charge in [-0.25, -0.2) is 0 Å². The Morgan fingerprint density at radius 2 is 1.96 bits per heavy atom. The van der Waals surface area contributed by atoms with Crippen molar-refractivity contribution in [3.63, 3.8) is 0 Å². The van der Waals surface area contributed by atoms with Crippen LogP contribution in [-0.4, -0.2) is 35.1 Å². The molecule has 2 saturated heterocycles.